The highest BCUT2D eigenvalue weighted by Crippen LogP contribution is 2.19. The molecule has 1 rings (SSSR count). The molecule has 1 aromatic rings. The maximum atomic E-state index is 11.6. The second kappa shape index (κ2) is 5.41. The van der Waals surface area contributed by atoms with Crippen LogP contribution in [0.1, 0.15) is 17.3 Å². The van der Waals surface area contributed by atoms with E-state index in [1.807, 2.05) is 25.1 Å². The van der Waals surface area contributed by atoms with Gasteiger partial charge in [0.25, 0.3) is 5.91 Å². The summed E-state index contributed by atoms with van der Waals surface area (Å²) >= 11 is 1.36. The Labute approximate surface area is 94.1 Å². The third kappa shape index (κ3) is 4.04. The summed E-state index contributed by atoms with van der Waals surface area (Å²) in [4.78, 5) is 12.5. The molecular formula is C12H13NOS. The number of thioether (sulfide) groups is 1. The number of hydrogen-bond acceptors (Lipinski definition) is 2. The van der Waals surface area contributed by atoms with Crippen molar-refractivity contribution in [2.45, 2.75) is 6.92 Å². The van der Waals surface area contributed by atoms with Crippen molar-refractivity contribution in [2.24, 2.45) is 0 Å². The highest BCUT2D eigenvalue weighted by Gasteiger charge is 2.05. The molecule has 15 heavy (non-hydrogen) atoms. The van der Waals surface area contributed by atoms with Crippen LogP contribution in [0.5, 0.6) is 0 Å². The SMILES string of the molecule is C=C(C)SC(=C)NC(=O)c1ccccc1. The quantitative estimate of drug-likeness (QED) is 0.842. The summed E-state index contributed by atoms with van der Waals surface area (Å²) in [5.41, 5.74) is 0.626. The van der Waals surface area contributed by atoms with Crippen LogP contribution < -0.4 is 5.32 Å². The molecule has 3 heteroatoms. The number of rotatable bonds is 4. The molecule has 0 aliphatic carbocycles. The Kier molecular flexibility index (Phi) is 4.18. The molecule has 0 bridgehead atoms. The lowest BCUT2D eigenvalue weighted by atomic mass is 10.2. The van der Waals surface area contributed by atoms with E-state index in [2.05, 4.69) is 18.5 Å². The van der Waals surface area contributed by atoms with Gasteiger partial charge in [-0.1, -0.05) is 43.1 Å². The molecule has 0 aliphatic rings. The first-order chi connectivity index (χ1) is 7.09. The average molecular weight is 219 g/mol. The fourth-order valence-electron chi connectivity index (χ4n) is 1.02. The van der Waals surface area contributed by atoms with Crippen molar-refractivity contribution < 1.29 is 4.79 Å². The Morgan fingerprint density at radius 1 is 1.27 bits per heavy atom. The van der Waals surface area contributed by atoms with Crippen LogP contribution in [0.4, 0.5) is 0 Å². The first kappa shape index (κ1) is 11.6. The molecule has 0 aromatic heterocycles. The maximum absolute atomic E-state index is 11.6. The fraction of sp³-hybridized carbons (Fsp3) is 0.0833. The zero-order valence-electron chi connectivity index (χ0n) is 8.62. The molecule has 0 aliphatic heterocycles. The average Bonchev–Trinajstić information content (AvgIpc) is 2.17. The van der Waals surface area contributed by atoms with Crippen LogP contribution in [-0.4, -0.2) is 5.91 Å². The van der Waals surface area contributed by atoms with Gasteiger partial charge in [0.05, 0.1) is 5.03 Å². The van der Waals surface area contributed by atoms with Gasteiger partial charge in [0.1, 0.15) is 0 Å². The Bertz CT molecular complexity index is 384. The first-order valence-corrected chi connectivity index (χ1v) is 5.30. The number of carbonyl (C=O) groups excluding carboxylic acids is 1. The summed E-state index contributed by atoms with van der Waals surface area (Å²) in [6, 6.07) is 9.03. The van der Waals surface area contributed by atoms with Crippen LogP contribution in [0.3, 0.4) is 0 Å². The van der Waals surface area contributed by atoms with E-state index >= 15 is 0 Å². The molecule has 0 saturated carbocycles. The van der Waals surface area contributed by atoms with E-state index in [1.54, 1.807) is 12.1 Å². The zero-order chi connectivity index (χ0) is 11.3. The number of nitrogens with one attached hydrogen (secondary N) is 1. The lowest BCUT2D eigenvalue weighted by Crippen LogP contribution is -2.20. The van der Waals surface area contributed by atoms with Gasteiger partial charge in [-0.05, 0) is 24.0 Å². The lowest BCUT2D eigenvalue weighted by Gasteiger charge is -2.06. The van der Waals surface area contributed by atoms with Gasteiger partial charge in [-0.2, -0.15) is 0 Å². The van der Waals surface area contributed by atoms with Crippen molar-refractivity contribution in [3.63, 3.8) is 0 Å². The van der Waals surface area contributed by atoms with Crippen LogP contribution in [0.2, 0.25) is 0 Å². The van der Waals surface area contributed by atoms with Crippen molar-refractivity contribution in [1.29, 1.82) is 0 Å². The number of amides is 1. The number of hydrogen-bond donors (Lipinski definition) is 1. The van der Waals surface area contributed by atoms with Gasteiger partial charge in [0.2, 0.25) is 0 Å². The summed E-state index contributed by atoms with van der Waals surface area (Å²) < 4.78 is 0. The van der Waals surface area contributed by atoms with Crippen molar-refractivity contribution >= 4 is 17.7 Å². The summed E-state index contributed by atoms with van der Waals surface area (Å²) in [5.74, 6) is -0.144. The van der Waals surface area contributed by atoms with Crippen molar-refractivity contribution in [1.82, 2.24) is 5.32 Å². The molecule has 0 radical (unpaired) electrons. The van der Waals surface area contributed by atoms with E-state index in [-0.39, 0.29) is 5.91 Å². The summed E-state index contributed by atoms with van der Waals surface area (Å²) in [6.45, 7) is 9.32. The highest BCUT2D eigenvalue weighted by atomic mass is 32.2. The predicted molar refractivity (Wildman–Crippen MR) is 65.5 cm³/mol. The molecular weight excluding hydrogens is 206 g/mol. The second-order valence-electron chi connectivity index (χ2n) is 3.05. The van der Waals surface area contributed by atoms with Crippen molar-refractivity contribution in [3.8, 4) is 0 Å². The van der Waals surface area contributed by atoms with E-state index in [9.17, 15) is 4.79 Å². The third-order valence-corrected chi connectivity index (χ3v) is 2.28. The molecule has 0 unspecified atom stereocenters. The molecule has 1 amide bonds. The minimum atomic E-state index is -0.144. The van der Waals surface area contributed by atoms with Gasteiger partial charge in [0.15, 0.2) is 0 Å². The van der Waals surface area contributed by atoms with Gasteiger partial charge in [-0.15, -0.1) is 0 Å². The number of allylic oxidation sites excluding steroid dienone is 1. The largest absolute Gasteiger partial charge is 0.317 e. The molecule has 1 N–H and O–H groups in total. The number of carbonyl (C=O) groups is 1. The molecule has 2 nitrogen and oxygen atoms in total. The first-order valence-electron chi connectivity index (χ1n) is 4.48. The zero-order valence-corrected chi connectivity index (χ0v) is 9.43. The molecule has 0 atom stereocenters. The van der Waals surface area contributed by atoms with Crippen LogP contribution in [0.25, 0.3) is 0 Å². The van der Waals surface area contributed by atoms with E-state index < -0.39 is 0 Å². The fourth-order valence-corrected chi connectivity index (χ4v) is 1.59. The second-order valence-corrected chi connectivity index (χ2v) is 4.44. The smallest absolute Gasteiger partial charge is 0.256 e. The van der Waals surface area contributed by atoms with Crippen LogP contribution >= 0.6 is 11.8 Å². The van der Waals surface area contributed by atoms with Crippen LogP contribution in [0.15, 0.2) is 53.4 Å². The van der Waals surface area contributed by atoms with E-state index in [0.29, 0.717) is 10.6 Å². The van der Waals surface area contributed by atoms with Gasteiger partial charge >= 0.3 is 0 Å². The summed E-state index contributed by atoms with van der Waals surface area (Å²) in [6.07, 6.45) is 0. The van der Waals surface area contributed by atoms with Crippen molar-refractivity contribution in [3.05, 3.63) is 59.0 Å². The minimum Gasteiger partial charge on any atom is -0.317 e. The minimum absolute atomic E-state index is 0.144. The van der Waals surface area contributed by atoms with Crippen molar-refractivity contribution in [2.75, 3.05) is 0 Å². The Hall–Kier alpha value is -1.48. The van der Waals surface area contributed by atoms with E-state index in [0.717, 1.165) is 4.91 Å². The van der Waals surface area contributed by atoms with E-state index in [4.69, 9.17) is 0 Å². The Morgan fingerprint density at radius 2 is 1.87 bits per heavy atom. The van der Waals surface area contributed by atoms with Gasteiger partial charge < -0.3 is 5.32 Å². The molecule has 78 valence electrons. The summed E-state index contributed by atoms with van der Waals surface area (Å²) in [7, 11) is 0. The van der Waals surface area contributed by atoms with Gasteiger partial charge in [-0.25, -0.2) is 0 Å². The van der Waals surface area contributed by atoms with Crippen LogP contribution in [-0.2, 0) is 0 Å². The molecule has 0 fully saturated rings. The molecule has 1 aromatic carbocycles. The standard InChI is InChI=1S/C12H13NOS/c1-9(2)15-10(3)13-12(14)11-7-5-4-6-8-11/h4-8H,1,3H2,2H3,(H,13,14). The number of benzene rings is 1. The molecule has 0 heterocycles. The molecule has 0 saturated heterocycles. The molecule has 0 spiro atoms. The van der Waals surface area contributed by atoms with Gasteiger partial charge in [-0.3, -0.25) is 4.79 Å². The van der Waals surface area contributed by atoms with Gasteiger partial charge in [0, 0.05) is 5.56 Å². The highest BCUT2D eigenvalue weighted by molar-refractivity contribution is 8.06. The Morgan fingerprint density at radius 3 is 2.40 bits per heavy atom. The Balaban J connectivity index is 2.57. The monoisotopic (exact) mass is 219 g/mol. The predicted octanol–water partition coefficient (Wildman–Crippen LogP) is 3.15. The maximum Gasteiger partial charge on any atom is 0.256 e. The summed E-state index contributed by atoms with van der Waals surface area (Å²) in [5, 5.41) is 3.29. The lowest BCUT2D eigenvalue weighted by molar-refractivity contribution is 0.0969. The normalized spacial score (nSPS) is 9.40. The topological polar surface area (TPSA) is 29.1 Å². The third-order valence-electron chi connectivity index (χ3n) is 1.59. The van der Waals surface area contributed by atoms with Crippen LogP contribution in [0, 0.1) is 0 Å². The van der Waals surface area contributed by atoms with E-state index in [1.165, 1.54) is 11.8 Å².